The molecule has 1 aliphatic heterocycles. The molecule has 3 N–H and O–H groups in total. The maximum atomic E-state index is 12.3. The highest BCUT2D eigenvalue weighted by atomic mass is 16.5. The maximum Gasteiger partial charge on any atom is 0.315 e. The molecule has 2 atom stereocenters. The molecule has 1 aliphatic rings. The zero-order valence-corrected chi connectivity index (χ0v) is 13.9. The second kappa shape index (κ2) is 6.83. The van der Waals surface area contributed by atoms with E-state index in [1.165, 1.54) is 0 Å². The number of aryl methyl sites for hydroxylation is 1. The summed E-state index contributed by atoms with van der Waals surface area (Å²) >= 11 is 0. The number of para-hydroxylation sites is 1. The van der Waals surface area contributed by atoms with Crippen LogP contribution in [0.25, 0.3) is 0 Å². The predicted molar refractivity (Wildman–Crippen MR) is 92.2 cm³/mol. The van der Waals surface area contributed by atoms with Crippen molar-refractivity contribution < 1.29 is 14.6 Å². The molecule has 0 spiro atoms. The largest absolute Gasteiger partial charge is 0.508 e. The molecule has 24 heavy (non-hydrogen) atoms. The van der Waals surface area contributed by atoms with E-state index < -0.39 is 0 Å². The summed E-state index contributed by atoms with van der Waals surface area (Å²) in [7, 11) is 0. The van der Waals surface area contributed by atoms with Gasteiger partial charge in [0.2, 0.25) is 0 Å². The number of hydrogen-bond acceptors (Lipinski definition) is 3. The van der Waals surface area contributed by atoms with Crippen molar-refractivity contribution in [2.75, 3.05) is 6.61 Å². The molecule has 0 aliphatic carbocycles. The Morgan fingerprint density at radius 2 is 2.08 bits per heavy atom. The highest BCUT2D eigenvalue weighted by Crippen LogP contribution is 2.34. The summed E-state index contributed by atoms with van der Waals surface area (Å²) in [5.41, 5.74) is 2.95. The van der Waals surface area contributed by atoms with Gasteiger partial charge in [0, 0.05) is 12.0 Å². The number of fused-ring (bicyclic) bond motifs is 1. The molecule has 0 saturated carbocycles. The third-order valence-electron chi connectivity index (χ3n) is 4.29. The van der Waals surface area contributed by atoms with Gasteiger partial charge in [-0.1, -0.05) is 30.3 Å². The highest BCUT2D eigenvalue weighted by molar-refractivity contribution is 5.75. The van der Waals surface area contributed by atoms with Crippen LogP contribution in [0, 0.1) is 6.92 Å². The van der Waals surface area contributed by atoms with E-state index in [0.29, 0.717) is 6.61 Å². The number of ether oxygens (including phenoxy) is 1. The van der Waals surface area contributed by atoms with Crippen LogP contribution in [0.15, 0.2) is 42.5 Å². The number of rotatable bonds is 3. The Morgan fingerprint density at radius 1 is 1.29 bits per heavy atom. The van der Waals surface area contributed by atoms with Gasteiger partial charge in [-0.25, -0.2) is 4.79 Å². The molecule has 0 fully saturated rings. The Balaban J connectivity index is 1.67. The van der Waals surface area contributed by atoms with Gasteiger partial charge in [-0.2, -0.15) is 0 Å². The zero-order valence-electron chi connectivity index (χ0n) is 13.9. The fourth-order valence-corrected chi connectivity index (χ4v) is 3.01. The number of carbonyl (C=O) groups is 1. The van der Waals surface area contributed by atoms with E-state index in [2.05, 4.69) is 10.6 Å². The Bertz CT molecular complexity index is 745. The first kappa shape index (κ1) is 16.2. The van der Waals surface area contributed by atoms with E-state index in [-0.39, 0.29) is 23.9 Å². The topological polar surface area (TPSA) is 70.6 Å². The van der Waals surface area contributed by atoms with Crippen molar-refractivity contribution in [3.05, 3.63) is 59.2 Å². The molecule has 0 unspecified atom stereocenters. The summed E-state index contributed by atoms with van der Waals surface area (Å²) < 4.78 is 5.73. The molecule has 126 valence electrons. The normalized spacial score (nSPS) is 17.3. The first-order valence-corrected chi connectivity index (χ1v) is 8.13. The second-order valence-corrected chi connectivity index (χ2v) is 6.12. The number of phenols is 1. The molecule has 5 heteroatoms. The molecule has 0 radical (unpaired) electrons. The third kappa shape index (κ3) is 3.45. The van der Waals surface area contributed by atoms with Crippen molar-refractivity contribution in [3.8, 4) is 11.5 Å². The van der Waals surface area contributed by atoms with E-state index in [1.807, 2.05) is 38.1 Å². The van der Waals surface area contributed by atoms with Crippen LogP contribution >= 0.6 is 0 Å². The molecule has 2 aromatic carbocycles. The van der Waals surface area contributed by atoms with Crippen LogP contribution in [-0.2, 0) is 0 Å². The molecule has 3 rings (SSSR count). The van der Waals surface area contributed by atoms with Crippen molar-refractivity contribution in [2.24, 2.45) is 0 Å². The van der Waals surface area contributed by atoms with Crippen molar-refractivity contribution in [1.82, 2.24) is 10.6 Å². The number of amides is 2. The minimum atomic E-state index is -0.231. The van der Waals surface area contributed by atoms with Gasteiger partial charge in [-0.15, -0.1) is 0 Å². The van der Waals surface area contributed by atoms with Crippen LogP contribution < -0.4 is 15.4 Å². The van der Waals surface area contributed by atoms with E-state index in [9.17, 15) is 9.90 Å². The number of nitrogens with one attached hydrogen (secondary N) is 2. The molecule has 2 amide bonds. The SMILES string of the molecule is Cc1cccc2c1OCC[C@@H]2NC(=O)N[C@@H](C)c1cccc(O)c1. The molecular weight excluding hydrogens is 304 g/mol. The van der Waals surface area contributed by atoms with Gasteiger partial charge in [-0.3, -0.25) is 0 Å². The third-order valence-corrected chi connectivity index (χ3v) is 4.29. The fourth-order valence-electron chi connectivity index (χ4n) is 3.01. The van der Waals surface area contributed by atoms with Gasteiger partial charge in [0.05, 0.1) is 18.7 Å². The van der Waals surface area contributed by atoms with Gasteiger partial charge in [0.25, 0.3) is 0 Å². The first-order valence-electron chi connectivity index (χ1n) is 8.13. The van der Waals surface area contributed by atoms with Crippen molar-refractivity contribution in [2.45, 2.75) is 32.4 Å². The van der Waals surface area contributed by atoms with E-state index in [0.717, 1.165) is 28.9 Å². The Morgan fingerprint density at radius 3 is 2.88 bits per heavy atom. The van der Waals surface area contributed by atoms with E-state index >= 15 is 0 Å². The Hall–Kier alpha value is -2.69. The van der Waals surface area contributed by atoms with E-state index in [4.69, 9.17) is 4.74 Å². The van der Waals surface area contributed by atoms with Gasteiger partial charge in [0.15, 0.2) is 0 Å². The standard InChI is InChI=1S/C19H22N2O3/c1-12-5-3-8-16-17(9-10-24-18(12)16)21-19(23)20-13(2)14-6-4-7-15(22)11-14/h3-8,11,13,17,22H,9-10H2,1-2H3,(H2,20,21,23)/t13-,17-/m0/s1. The van der Waals surface area contributed by atoms with Gasteiger partial charge in [-0.05, 0) is 37.1 Å². The van der Waals surface area contributed by atoms with Gasteiger partial charge >= 0.3 is 6.03 Å². The van der Waals surface area contributed by atoms with Gasteiger partial charge in [0.1, 0.15) is 11.5 Å². The smallest absolute Gasteiger partial charge is 0.315 e. The number of benzene rings is 2. The molecular formula is C19H22N2O3. The zero-order chi connectivity index (χ0) is 17.1. The lowest BCUT2D eigenvalue weighted by atomic mass is 9.98. The summed E-state index contributed by atoms with van der Waals surface area (Å²) in [6.45, 7) is 4.48. The molecule has 0 aromatic heterocycles. The summed E-state index contributed by atoms with van der Waals surface area (Å²) in [6, 6.07) is 12.4. The summed E-state index contributed by atoms with van der Waals surface area (Å²) in [5.74, 6) is 1.06. The number of hydrogen-bond donors (Lipinski definition) is 3. The quantitative estimate of drug-likeness (QED) is 0.807. The summed E-state index contributed by atoms with van der Waals surface area (Å²) in [4.78, 5) is 12.3. The Labute approximate surface area is 141 Å². The van der Waals surface area contributed by atoms with Crippen LogP contribution in [0.4, 0.5) is 4.79 Å². The van der Waals surface area contributed by atoms with Crippen molar-refractivity contribution in [3.63, 3.8) is 0 Å². The van der Waals surface area contributed by atoms with Crippen molar-refractivity contribution in [1.29, 1.82) is 0 Å². The summed E-state index contributed by atoms with van der Waals surface area (Å²) in [6.07, 6.45) is 0.740. The number of carbonyl (C=O) groups excluding carboxylic acids is 1. The first-order chi connectivity index (χ1) is 11.5. The van der Waals surface area contributed by atoms with Crippen LogP contribution in [0.5, 0.6) is 11.5 Å². The average molecular weight is 326 g/mol. The fraction of sp³-hybridized carbons (Fsp3) is 0.316. The molecule has 2 aromatic rings. The predicted octanol–water partition coefficient (Wildman–Crippen LogP) is 3.58. The maximum absolute atomic E-state index is 12.3. The average Bonchev–Trinajstić information content (AvgIpc) is 2.56. The molecule has 0 saturated heterocycles. The molecule has 0 bridgehead atoms. The monoisotopic (exact) mass is 326 g/mol. The van der Waals surface area contributed by atoms with Crippen LogP contribution in [0.2, 0.25) is 0 Å². The van der Waals surface area contributed by atoms with Crippen molar-refractivity contribution >= 4 is 6.03 Å². The number of aromatic hydroxyl groups is 1. The molecule has 1 heterocycles. The van der Waals surface area contributed by atoms with Crippen LogP contribution in [-0.4, -0.2) is 17.7 Å². The summed E-state index contributed by atoms with van der Waals surface area (Å²) in [5, 5.41) is 15.5. The molecule has 5 nitrogen and oxygen atoms in total. The number of urea groups is 1. The van der Waals surface area contributed by atoms with Gasteiger partial charge < -0.3 is 20.5 Å². The number of phenolic OH excluding ortho intramolecular Hbond substituents is 1. The highest BCUT2D eigenvalue weighted by Gasteiger charge is 2.24. The lowest BCUT2D eigenvalue weighted by Gasteiger charge is -2.28. The van der Waals surface area contributed by atoms with Crippen LogP contribution in [0.3, 0.4) is 0 Å². The van der Waals surface area contributed by atoms with E-state index in [1.54, 1.807) is 18.2 Å². The van der Waals surface area contributed by atoms with Crippen LogP contribution in [0.1, 0.15) is 42.1 Å². The lowest BCUT2D eigenvalue weighted by molar-refractivity contribution is 0.220. The minimum absolute atomic E-state index is 0.0648. The Kier molecular flexibility index (Phi) is 4.60. The minimum Gasteiger partial charge on any atom is -0.508 e. The second-order valence-electron chi connectivity index (χ2n) is 6.12. The lowest BCUT2D eigenvalue weighted by Crippen LogP contribution is -2.40.